The third kappa shape index (κ3) is 4.96. The number of hydrogen-bond acceptors (Lipinski definition) is 5. The Morgan fingerprint density at radius 3 is 2.40 bits per heavy atom. The maximum atomic E-state index is 13.4. The summed E-state index contributed by atoms with van der Waals surface area (Å²) in [5, 5.41) is 7.43. The van der Waals surface area contributed by atoms with Crippen molar-refractivity contribution in [2.75, 3.05) is 18.4 Å². The van der Waals surface area contributed by atoms with Crippen LogP contribution in [0.15, 0.2) is 12.3 Å². The van der Waals surface area contributed by atoms with Crippen LogP contribution in [-0.4, -0.2) is 50.3 Å². The summed E-state index contributed by atoms with van der Waals surface area (Å²) in [4.78, 5) is 17.7. The van der Waals surface area contributed by atoms with Crippen molar-refractivity contribution in [3.8, 4) is 0 Å². The average molecular weight is 427 g/mol. The van der Waals surface area contributed by atoms with Crippen molar-refractivity contribution in [2.24, 2.45) is 0 Å². The zero-order valence-corrected chi connectivity index (χ0v) is 17.9. The molecule has 0 atom stereocenters. The number of anilines is 1. The summed E-state index contributed by atoms with van der Waals surface area (Å²) in [5.41, 5.74) is -0.666. The van der Waals surface area contributed by atoms with Crippen molar-refractivity contribution in [1.29, 1.82) is 0 Å². The van der Waals surface area contributed by atoms with Gasteiger partial charge in [0.25, 0.3) is 0 Å². The molecule has 1 N–H and O–H groups in total. The molecular weight excluding hydrogens is 399 g/mol. The minimum atomic E-state index is -4.56. The van der Waals surface area contributed by atoms with Gasteiger partial charge < -0.3 is 15.0 Å². The third-order valence-electron chi connectivity index (χ3n) is 4.91. The van der Waals surface area contributed by atoms with Crippen LogP contribution in [0.25, 0.3) is 5.65 Å². The van der Waals surface area contributed by atoms with Gasteiger partial charge in [-0.15, -0.1) is 0 Å². The summed E-state index contributed by atoms with van der Waals surface area (Å²) < 4.78 is 47.0. The van der Waals surface area contributed by atoms with E-state index in [-0.39, 0.29) is 29.5 Å². The maximum absolute atomic E-state index is 13.4. The van der Waals surface area contributed by atoms with E-state index in [4.69, 9.17) is 4.74 Å². The number of alkyl halides is 3. The summed E-state index contributed by atoms with van der Waals surface area (Å²) in [6.45, 7) is 10.1. The van der Waals surface area contributed by atoms with Gasteiger partial charge in [0.05, 0.1) is 6.20 Å². The molecule has 2 aromatic rings. The Kier molecular flexibility index (Phi) is 5.88. The van der Waals surface area contributed by atoms with E-state index < -0.39 is 17.5 Å². The van der Waals surface area contributed by atoms with Crippen molar-refractivity contribution < 1.29 is 22.7 Å². The number of nitrogens with one attached hydrogen (secondary N) is 1. The highest BCUT2D eigenvalue weighted by atomic mass is 19.4. The lowest BCUT2D eigenvalue weighted by Gasteiger charge is -2.34. The second-order valence-corrected chi connectivity index (χ2v) is 8.90. The highest BCUT2D eigenvalue weighted by molar-refractivity contribution is 5.68. The maximum Gasteiger partial charge on any atom is 0.433 e. The third-order valence-corrected chi connectivity index (χ3v) is 4.91. The predicted octanol–water partition coefficient (Wildman–Crippen LogP) is 4.68. The number of hydrogen-bond donors (Lipinski definition) is 1. The van der Waals surface area contributed by atoms with E-state index in [1.807, 2.05) is 34.6 Å². The van der Waals surface area contributed by atoms with E-state index in [1.165, 1.54) is 4.52 Å². The molecule has 2 aromatic heterocycles. The van der Waals surface area contributed by atoms with Gasteiger partial charge in [0.1, 0.15) is 11.4 Å². The van der Waals surface area contributed by atoms with E-state index in [1.54, 1.807) is 11.1 Å². The van der Waals surface area contributed by atoms with Crippen LogP contribution in [0, 0.1) is 0 Å². The highest BCUT2D eigenvalue weighted by Crippen LogP contribution is 2.32. The minimum Gasteiger partial charge on any atom is -0.444 e. The lowest BCUT2D eigenvalue weighted by Crippen LogP contribution is -2.44. The molecule has 3 heterocycles. The van der Waals surface area contributed by atoms with Gasteiger partial charge in [0.15, 0.2) is 11.3 Å². The van der Waals surface area contributed by atoms with Gasteiger partial charge >= 0.3 is 12.3 Å². The zero-order chi connectivity index (χ0) is 22.3. The first-order valence-electron chi connectivity index (χ1n) is 10.1. The fourth-order valence-corrected chi connectivity index (χ4v) is 3.38. The summed E-state index contributed by atoms with van der Waals surface area (Å²) >= 11 is 0. The van der Waals surface area contributed by atoms with Gasteiger partial charge in [-0.25, -0.2) is 9.78 Å². The molecule has 1 aliphatic rings. The Labute approximate surface area is 173 Å². The molecule has 7 nitrogen and oxygen atoms in total. The summed E-state index contributed by atoms with van der Waals surface area (Å²) in [7, 11) is 0. The van der Waals surface area contributed by atoms with Crippen molar-refractivity contribution in [3.63, 3.8) is 0 Å². The van der Waals surface area contributed by atoms with Crippen LogP contribution in [0.1, 0.15) is 64.6 Å². The summed E-state index contributed by atoms with van der Waals surface area (Å²) in [5.74, 6) is 0.235. The van der Waals surface area contributed by atoms with Gasteiger partial charge in [-0.2, -0.15) is 22.8 Å². The smallest absolute Gasteiger partial charge is 0.433 e. The molecule has 0 bridgehead atoms. The number of carbonyl (C=O) groups excluding carboxylic acids is 1. The Hall–Kier alpha value is -2.52. The number of carbonyl (C=O) groups is 1. The molecule has 1 amide bonds. The first kappa shape index (κ1) is 22.2. The molecule has 0 unspecified atom stereocenters. The van der Waals surface area contributed by atoms with E-state index in [2.05, 4.69) is 15.4 Å². The zero-order valence-electron chi connectivity index (χ0n) is 17.9. The predicted molar refractivity (Wildman–Crippen MR) is 107 cm³/mol. The first-order valence-corrected chi connectivity index (χ1v) is 10.1. The van der Waals surface area contributed by atoms with Crippen LogP contribution < -0.4 is 5.32 Å². The van der Waals surface area contributed by atoms with Gasteiger partial charge in [-0.3, -0.25) is 0 Å². The number of likely N-dealkylation sites (tertiary alicyclic amines) is 1. The van der Waals surface area contributed by atoms with E-state index >= 15 is 0 Å². The van der Waals surface area contributed by atoms with Gasteiger partial charge in [-0.05, 0) is 39.5 Å². The highest BCUT2D eigenvalue weighted by Gasteiger charge is 2.35. The Morgan fingerprint density at radius 2 is 1.87 bits per heavy atom. The standard InChI is InChI=1S/C20H28F3N5O2/c1-12(2)14-11-24-28-16(10-15(20(21,22)23)26-17(14)28)25-13-6-8-27(9-7-13)18(29)30-19(3,4)5/h10-13,25H,6-9H2,1-5H3. The largest absolute Gasteiger partial charge is 0.444 e. The molecule has 30 heavy (non-hydrogen) atoms. The van der Waals surface area contributed by atoms with Crippen LogP contribution in [0.4, 0.5) is 23.8 Å². The van der Waals surface area contributed by atoms with Gasteiger partial charge in [0.2, 0.25) is 0 Å². The molecule has 0 aliphatic carbocycles. The second kappa shape index (κ2) is 7.96. The fourth-order valence-electron chi connectivity index (χ4n) is 3.38. The summed E-state index contributed by atoms with van der Waals surface area (Å²) in [6.07, 6.45) is -2.20. The Balaban J connectivity index is 1.79. The molecule has 166 valence electrons. The molecule has 0 spiro atoms. The van der Waals surface area contributed by atoms with Crippen molar-refractivity contribution in [3.05, 3.63) is 23.5 Å². The molecular formula is C20H28F3N5O2. The van der Waals surface area contributed by atoms with Crippen molar-refractivity contribution in [1.82, 2.24) is 19.5 Å². The monoisotopic (exact) mass is 427 g/mol. The molecule has 1 saturated heterocycles. The number of aromatic nitrogens is 3. The molecule has 3 rings (SSSR count). The van der Waals surface area contributed by atoms with E-state index in [0.717, 1.165) is 6.07 Å². The topological polar surface area (TPSA) is 71.8 Å². The Morgan fingerprint density at radius 1 is 1.23 bits per heavy atom. The Bertz CT molecular complexity index is 910. The van der Waals surface area contributed by atoms with Crippen LogP contribution in [0.3, 0.4) is 0 Å². The molecule has 0 radical (unpaired) electrons. The molecule has 0 saturated carbocycles. The van der Waals surface area contributed by atoms with E-state index in [9.17, 15) is 18.0 Å². The van der Waals surface area contributed by atoms with Crippen molar-refractivity contribution >= 4 is 17.6 Å². The van der Waals surface area contributed by atoms with Crippen LogP contribution in [0.2, 0.25) is 0 Å². The van der Waals surface area contributed by atoms with Crippen LogP contribution in [-0.2, 0) is 10.9 Å². The molecule has 1 aliphatic heterocycles. The lowest BCUT2D eigenvalue weighted by molar-refractivity contribution is -0.141. The van der Waals surface area contributed by atoms with Gasteiger partial charge in [0, 0.05) is 30.8 Å². The average Bonchev–Trinajstić information content (AvgIpc) is 3.04. The number of nitrogens with zero attached hydrogens (tertiary/aromatic N) is 4. The summed E-state index contributed by atoms with van der Waals surface area (Å²) in [6, 6.07) is 0.895. The first-order chi connectivity index (χ1) is 13.8. The van der Waals surface area contributed by atoms with Gasteiger partial charge in [-0.1, -0.05) is 13.8 Å². The molecule has 0 aromatic carbocycles. The second-order valence-electron chi connectivity index (χ2n) is 8.90. The van der Waals surface area contributed by atoms with Crippen LogP contribution in [0.5, 0.6) is 0 Å². The number of ether oxygens (including phenoxy) is 1. The fraction of sp³-hybridized carbons (Fsp3) is 0.650. The number of fused-ring (bicyclic) bond motifs is 1. The SMILES string of the molecule is CC(C)c1cnn2c(NC3CCN(C(=O)OC(C)(C)C)CC3)cc(C(F)(F)F)nc12. The number of piperidine rings is 1. The molecule has 10 heteroatoms. The number of amides is 1. The number of rotatable bonds is 3. The normalized spacial score (nSPS) is 16.4. The lowest BCUT2D eigenvalue weighted by atomic mass is 10.1. The minimum absolute atomic E-state index is 0.0107. The van der Waals surface area contributed by atoms with Crippen molar-refractivity contribution in [2.45, 2.75) is 71.2 Å². The van der Waals surface area contributed by atoms with Crippen LogP contribution >= 0.6 is 0 Å². The van der Waals surface area contributed by atoms with E-state index in [0.29, 0.717) is 31.5 Å². The molecule has 1 fully saturated rings. The number of halogens is 3. The quantitative estimate of drug-likeness (QED) is 0.770.